The van der Waals surface area contributed by atoms with Crippen LogP contribution in [0.2, 0.25) is 10.0 Å². The quantitative estimate of drug-likeness (QED) is 0.679. The smallest absolute Gasteiger partial charge is 0.274 e. The highest BCUT2D eigenvalue weighted by Gasteiger charge is 2.15. The van der Waals surface area contributed by atoms with Crippen molar-refractivity contribution >= 4 is 45.6 Å². The second kappa shape index (κ2) is 8.11. The highest BCUT2D eigenvalue weighted by atomic mass is 35.5. The molecule has 140 valence electrons. The monoisotopic (exact) mass is 403 g/mol. The summed E-state index contributed by atoms with van der Waals surface area (Å²) in [5.74, 6) is -0.0162. The van der Waals surface area contributed by atoms with Gasteiger partial charge in [-0.1, -0.05) is 55.2 Å². The molecular formula is C20H19Cl2N3O2. The van der Waals surface area contributed by atoms with Gasteiger partial charge in [-0.2, -0.15) is 5.10 Å². The van der Waals surface area contributed by atoms with Gasteiger partial charge in [0, 0.05) is 17.0 Å². The Balaban J connectivity index is 1.94. The van der Waals surface area contributed by atoms with Crippen LogP contribution in [-0.4, -0.2) is 15.7 Å². The van der Waals surface area contributed by atoms with Gasteiger partial charge in [0.05, 0.1) is 28.2 Å². The average molecular weight is 404 g/mol. The van der Waals surface area contributed by atoms with Crippen LogP contribution in [0.5, 0.6) is 0 Å². The second-order valence-corrected chi connectivity index (χ2v) is 7.57. The first-order valence-electron chi connectivity index (χ1n) is 8.59. The van der Waals surface area contributed by atoms with E-state index in [2.05, 4.69) is 10.4 Å². The van der Waals surface area contributed by atoms with E-state index in [1.807, 2.05) is 19.9 Å². The molecule has 7 heteroatoms. The number of hydrogen-bond acceptors (Lipinski definition) is 3. The van der Waals surface area contributed by atoms with Crippen LogP contribution in [-0.2, 0) is 17.8 Å². The number of fused-ring (bicyclic) bond motifs is 1. The van der Waals surface area contributed by atoms with E-state index >= 15 is 0 Å². The molecule has 0 fully saturated rings. The van der Waals surface area contributed by atoms with Gasteiger partial charge in [0.15, 0.2) is 0 Å². The van der Waals surface area contributed by atoms with Crippen molar-refractivity contribution in [3.8, 4) is 0 Å². The van der Waals surface area contributed by atoms with Gasteiger partial charge in [-0.15, -0.1) is 0 Å². The van der Waals surface area contributed by atoms with E-state index in [0.29, 0.717) is 38.7 Å². The summed E-state index contributed by atoms with van der Waals surface area (Å²) >= 11 is 12.0. The number of nitrogens with one attached hydrogen (secondary N) is 1. The molecule has 1 N–H and O–H groups in total. The highest BCUT2D eigenvalue weighted by molar-refractivity contribution is 6.36. The fourth-order valence-corrected chi connectivity index (χ4v) is 3.30. The minimum absolute atomic E-state index is 0.0256. The molecule has 27 heavy (non-hydrogen) atoms. The van der Waals surface area contributed by atoms with Gasteiger partial charge in [-0.3, -0.25) is 9.59 Å². The van der Waals surface area contributed by atoms with E-state index in [0.717, 1.165) is 0 Å². The molecule has 3 aromatic rings. The third kappa shape index (κ3) is 4.49. The predicted octanol–water partition coefficient (Wildman–Crippen LogP) is 4.54. The SMILES string of the molecule is CC(C)Cn1nc(CC(=O)Nc2ccc(Cl)cc2Cl)c2ccccc2c1=O. The molecule has 3 rings (SSSR count). The van der Waals surface area contributed by atoms with Crippen molar-refractivity contribution in [3.05, 3.63) is 68.6 Å². The largest absolute Gasteiger partial charge is 0.324 e. The van der Waals surface area contributed by atoms with E-state index in [4.69, 9.17) is 23.2 Å². The Morgan fingerprint density at radius 3 is 2.52 bits per heavy atom. The maximum atomic E-state index is 12.6. The molecule has 0 saturated heterocycles. The second-order valence-electron chi connectivity index (χ2n) is 6.72. The maximum absolute atomic E-state index is 12.6. The van der Waals surface area contributed by atoms with Crippen LogP contribution in [0.1, 0.15) is 19.5 Å². The molecule has 0 radical (unpaired) electrons. The number of anilines is 1. The lowest BCUT2D eigenvalue weighted by Gasteiger charge is -2.13. The van der Waals surface area contributed by atoms with Crippen LogP contribution < -0.4 is 10.9 Å². The summed E-state index contributed by atoms with van der Waals surface area (Å²) in [4.78, 5) is 25.2. The number of carbonyl (C=O) groups excluding carboxylic acids is 1. The Morgan fingerprint density at radius 2 is 1.85 bits per heavy atom. The Hall–Kier alpha value is -2.37. The van der Waals surface area contributed by atoms with Crippen LogP contribution in [0.4, 0.5) is 5.69 Å². The molecule has 5 nitrogen and oxygen atoms in total. The lowest BCUT2D eigenvalue weighted by Crippen LogP contribution is -2.28. The lowest BCUT2D eigenvalue weighted by molar-refractivity contribution is -0.115. The van der Waals surface area contributed by atoms with E-state index in [1.165, 1.54) is 4.68 Å². The van der Waals surface area contributed by atoms with E-state index < -0.39 is 0 Å². The first-order chi connectivity index (χ1) is 12.8. The summed E-state index contributed by atoms with van der Waals surface area (Å²) in [6.45, 7) is 4.51. The van der Waals surface area contributed by atoms with Crippen molar-refractivity contribution in [1.29, 1.82) is 0 Å². The Labute approximate surface area is 166 Å². The molecule has 0 aliphatic rings. The van der Waals surface area contributed by atoms with E-state index in [1.54, 1.807) is 36.4 Å². The molecule has 0 saturated carbocycles. The number of amides is 1. The summed E-state index contributed by atoms with van der Waals surface area (Å²) in [7, 11) is 0. The molecule has 2 aromatic carbocycles. The zero-order chi connectivity index (χ0) is 19.6. The zero-order valence-electron chi connectivity index (χ0n) is 15.0. The predicted molar refractivity (Wildman–Crippen MR) is 110 cm³/mol. The van der Waals surface area contributed by atoms with Crippen LogP contribution >= 0.6 is 23.2 Å². The summed E-state index contributed by atoms with van der Waals surface area (Å²) in [6.07, 6.45) is 0.0256. The van der Waals surface area contributed by atoms with Gasteiger partial charge in [0.1, 0.15) is 0 Å². The van der Waals surface area contributed by atoms with Crippen LogP contribution in [0.25, 0.3) is 10.8 Å². The van der Waals surface area contributed by atoms with E-state index in [-0.39, 0.29) is 23.8 Å². The molecule has 0 atom stereocenters. The Bertz CT molecular complexity index is 1060. The molecule has 0 aliphatic carbocycles. The zero-order valence-corrected chi connectivity index (χ0v) is 16.5. The van der Waals surface area contributed by atoms with Gasteiger partial charge in [0.2, 0.25) is 5.91 Å². The fraction of sp³-hybridized carbons (Fsp3) is 0.250. The van der Waals surface area contributed by atoms with Crippen molar-refractivity contribution < 1.29 is 4.79 Å². The number of benzene rings is 2. The number of hydrogen-bond donors (Lipinski definition) is 1. The molecule has 1 heterocycles. The number of nitrogens with zero attached hydrogens (tertiary/aromatic N) is 2. The maximum Gasteiger partial charge on any atom is 0.274 e. The van der Waals surface area contributed by atoms with Crippen molar-refractivity contribution in [3.63, 3.8) is 0 Å². The fourth-order valence-electron chi connectivity index (χ4n) is 2.84. The highest BCUT2D eigenvalue weighted by Crippen LogP contribution is 2.25. The lowest BCUT2D eigenvalue weighted by atomic mass is 10.1. The first-order valence-corrected chi connectivity index (χ1v) is 9.34. The van der Waals surface area contributed by atoms with Gasteiger partial charge in [0.25, 0.3) is 5.56 Å². The standard InChI is InChI=1S/C20H19Cl2N3O2/c1-12(2)11-25-20(27)15-6-4-3-5-14(15)18(24-25)10-19(26)23-17-8-7-13(21)9-16(17)22/h3-9,12H,10-11H2,1-2H3,(H,23,26). The van der Waals surface area contributed by atoms with Gasteiger partial charge < -0.3 is 5.32 Å². The van der Waals surface area contributed by atoms with Gasteiger partial charge in [-0.25, -0.2) is 4.68 Å². The summed E-state index contributed by atoms with van der Waals surface area (Å²) < 4.78 is 1.44. The van der Waals surface area contributed by atoms with Crippen LogP contribution in [0.15, 0.2) is 47.3 Å². The molecule has 0 bridgehead atoms. The molecule has 0 aliphatic heterocycles. The van der Waals surface area contributed by atoms with Crippen molar-refractivity contribution in [2.45, 2.75) is 26.8 Å². The van der Waals surface area contributed by atoms with Crippen LogP contribution in [0.3, 0.4) is 0 Å². The summed E-state index contributed by atoms with van der Waals surface area (Å²) in [5.41, 5.74) is 0.878. The number of aromatic nitrogens is 2. The van der Waals surface area contributed by atoms with Crippen molar-refractivity contribution in [1.82, 2.24) is 9.78 Å². The number of rotatable bonds is 5. The van der Waals surface area contributed by atoms with Gasteiger partial charge >= 0.3 is 0 Å². The average Bonchev–Trinajstić information content (AvgIpc) is 2.61. The molecular weight excluding hydrogens is 385 g/mol. The molecule has 1 aromatic heterocycles. The third-order valence-electron chi connectivity index (χ3n) is 4.02. The van der Waals surface area contributed by atoms with E-state index in [9.17, 15) is 9.59 Å². The van der Waals surface area contributed by atoms with Crippen molar-refractivity contribution in [2.75, 3.05) is 5.32 Å². The molecule has 0 unspecified atom stereocenters. The minimum atomic E-state index is -0.272. The molecule has 1 amide bonds. The Morgan fingerprint density at radius 1 is 1.15 bits per heavy atom. The normalized spacial score (nSPS) is 11.1. The number of halogens is 2. The first kappa shape index (κ1) is 19.4. The summed E-state index contributed by atoms with van der Waals surface area (Å²) in [5, 5.41) is 9.30. The summed E-state index contributed by atoms with van der Waals surface area (Å²) in [6, 6.07) is 12.1. The van der Waals surface area contributed by atoms with Crippen LogP contribution in [0, 0.1) is 5.92 Å². The number of carbonyl (C=O) groups is 1. The minimum Gasteiger partial charge on any atom is -0.324 e. The van der Waals surface area contributed by atoms with Gasteiger partial charge in [-0.05, 0) is 30.2 Å². The Kier molecular flexibility index (Phi) is 5.82. The van der Waals surface area contributed by atoms with Crippen molar-refractivity contribution in [2.24, 2.45) is 5.92 Å². The topological polar surface area (TPSA) is 64.0 Å². The molecule has 0 spiro atoms. The third-order valence-corrected chi connectivity index (χ3v) is 4.56.